The van der Waals surface area contributed by atoms with E-state index >= 15 is 0 Å². The highest BCUT2D eigenvalue weighted by molar-refractivity contribution is 7.47. The fraction of sp³-hybridized carbons (Fsp3) is 0.953. The molecule has 17 nitrogen and oxygen atoms in total. The number of rotatable bonds is 84. The lowest BCUT2D eigenvalue weighted by Crippen LogP contribution is -2.30. The van der Waals surface area contributed by atoms with Crippen LogP contribution in [-0.4, -0.2) is 96.7 Å². The van der Waals surface area contributed by atoms with Crippen molar-refractivity contribution in [3.05, 3.63) is 0 Å². The number of ether oxygens (including phenoxy) is 4. The normalized spacial score (nSPS) is 14.1. The molecular weight excluding hydrogens is 1350 g/mol. The summed E-state index contributed by atoms with van der Waals surface area (Å²) in [5.41, 5.74) is 0. The number of aliphatic hydroxyl groups excluding tert-OH is 1. The molecule has 0 amide bonds. The van der Waals surface area contributed by atoms with Crippen molar-refractivity contribution in [2.75, 3.05) is 39.6 Å². The maximum absolute atomic E-state index is 13.1. The Morgan fingerprint density at radius 3 is 0.731 bits per heavy atom. The number of carbonyl (C=O) groups is 4. The predicted molar refractivity (Wildman–Crippen MR) is 428 cm³/mol. The first kappa shape index (κ1) is 102. The Hall–Kier alpha value is -1.94. The minimum absolute atomic E-state index is 0.107. The van der Waals surface area contributed by atoms with Crippen molar-refractivity contribution in [3.8, 4) is 0 Å². The summed E-state index contributed by atoms with van der Waals surface area (Å²) < 4.78 is 68.8. The standard InChI is InChI=1S/C85H166O17P2/c1-7-10-12-14-16-18-19-20-21-22-23-24-25-26-27-34-39-45-51-57-63-69-84(89)102-81(74-96-83(88)68-62-56-50-44-38-33-29-28-32-37-43-48-54-60-66-78(6)9-3)76-100-104(93,94)98-72-79(86)71-97-103(91,92)99-75-80(73-95-82(87)67-61-55-49-41-17-15-13-11-8-2)101-85(90)70-64-58-52-46-40-35-30-31-36-42-47-53-59-65-77(4)5/h77-81,86H,7-76H2,1-6H3,(H,91,92)(H,93,94)/t78?,79-,80+,81+/m0/s1. The summed E-state index contributed by atoms with van der Waals surface area (Å²) in [6.45, 7) is 9.72. The summed E-state index contributed by atoms with van der Waals surface area (Å²) in [6, 6.07) is 0. The zero-order valence-corrected chi connectivity index (χ0v) is 70.1. The maximum Gasteiger partial charge on any atom is 0.472 e. The van der Waals surface area contributed by atoms with Crippen molar-refractivity contribution >= 4 is 39.5 Å². The number of aliphatic hydroxyl groups is 1. The van der Waals surface area contributed by atoms with Gasteiger partial charge < -0.3 is 33.8 Å². The van der Waals surface area contributed by atoms with Crippen molar-refractivity contribution in [1.29, 1.82) is 0 Å². The van der Waals surface area contributed by atoms with Gasteiger partial charge in [-0.3, -0.25) is 37.3 Å². The molecule has 19 heteroatoms. The number of unbranched alkanes of at least 4 members (excludes halogenated alkanes) is 53. The third-order valence-electron chi connectivity index (χ3n) is 20.3. The molecule has 0 aliphatic carbocycles. The minimum atomic E-state index is -4.96. The minimum Gasteiger partial charge on any atom is -0.462 e. The number of hydrogen-bond acceptors (Lipinski definition) is 15. The third-order valence-corrected chi connectivity index (χ3v) is 22.2. The lowest BCUT2D eigenvalue weighted by molar-refractivity contribution is -0.161. The average molecular weight is 1520 g/mol. The first-order chi connectivity index (χ1) is 50.4. The Morgan fingerprint density at radius 1 is 0.279 bits per heavy atom. The molecule has 0 radical (unpaired) electrons. The van der Waals surface area contributed by atoms with Crippen LogP contribution in [0.5, 0.6) is 0 Å². The van der Waals surface area contributed by atoms with Crippen LogP contribution in [0.1, 0.15) is 452 Å². The molecule has 0 fully saturated rings. The van der Waals surface area contributed by atoms with Crippen LogP contribution in [0.15, 0.2) is 0 Å². The molecule has 6 atom stereocenters. The van der Waals surface area contributed by atoms with Gasteiger partial charge in [0.1, 0.15) is 19.3 Å². The van der Waals surface area contributed by atoms with Crippen molar-refractivity contribution < 1.29 is 80.2 Å². The summed E-state index contributed by atoms with van der Waals surface area (Å²) in [6.07, 6.45) is 68.0. The predicted octanol–water partition coefficient (Wildman–Crippen LogP) is 25.8. The second-order valence-corrected chi connectivity index (χ2v) is 34.2. The van der Waals surface area contributed by atoms with Crippen LogP contribution < -0.4 is 0 Å². The van der Waals surface area contributed by atoms with E-state index in [1.54, 1.807) is 0 Å². The van der Waals surface area contributed by atoms with Gasteiger partial charge in [-0.1, -0.05) is 401 Å². The maximum atomic E-state index is 13.1. The fourth-order valence-corrected chi connectivity index (χ4v) is 14.8. The lowest BCUT2D eigenvalue weighted by atomic mass is 9.99. The van der Waals surface area contributed by atoms with E-state index in [1.807, 2.05) is 0 Å². The smallest absolute Gasteiger partial charge is 0.462 e. The second-order valence-electron chi connectivity index (χ2n) is 31.3. The summed E-state index contributed by atoms with van der Waals surface area (Å²) in [5.74, 6) is -0.468. The molecule has 0 rings (SSSR count). The molecule has 0 saturated heterocycles. The van der Waals surface area contributed by atoms with Crippen LogP contribution in [0.25, 0.3) is 0 Å². The van der Waals surface area contributed by atoms with Gasteiger partial charge in [0.2, 0.25) is 0 Å². The van der Waals surface area contributed by atoms with E-state index in [1.165, 1.54) is 270 Å². The molecule has 0 saturated carbocycles. The SMILES string of the molecule is CCCCCCCCCCCCCCCCCCCCCCCC(=O)O[C@H](COC(=O)CCCCCCCCCCCCCCCCC(C)CC)COP(=O)(O)OC[C@@H](O)COP(=O)(O)OC[C@@H](COC(=O)CCCCCCCCCCC)OC(=O)CCCCCCCCCCCCCCCC(C)C. The van der Waals surface area contributed by atoms with E-state index in [0.717, 1.165) is 102 Å². The Balaban J connectivity index is 5.21. The molecule has 0 aliphatic heterocycles. The molecule has 0 aliphatic rings. The molecule has 618 valence electrons. The van der Waals surface area contributed by atoms with Crippen LogP contribution in [0.3, 0.4) is 0 Å². The number of phosphoric acid groups is 2. The largest absolute Gasteiger partial charge is 0.472 e. The van der Waals surface area contributed by atoms with Crippen LogP contribution >= 0.6 is 15.6 Å². The van der Waals surface area contributed by atoms with Gasteiger partial charge in [0.25, 0.3) is 0 Å². The van der Waals surface area contributed by atoms with E-state index in [-0.39, 0.29) is 25.7 Å². The molecule has 0 bridgehead atoms. The van der Waals surface area contributed by atoms with E-state index in [4.69, 9.17) is 37.0 Å². The van der Waals surface area contributed by atoms with Gasteiger partial charge in [-0.2, -0.15) is 0 Å². The average Bonchev–Trinajstić information content (AvgIpc) is 0.903. The van der Waals surface area contributed by atoms with Crippen molar-refractivity contribution in [1.82, 2.24) is 0 Å². The van der Waals surface area contributed by atoms with E-state index in [9.17, 15) is 43.2 Å². The first-order valence-electron chi connectivity index (χ1n) is 44.0. The van der Waals surface area contributed by atoms with Gasteiger partial charge in [0, 0.05) is 25.7 Å². The van der Waals surface area contributed by atoms with E-state index in [2.05, 4.69) is 41.5 Å². The van der Waals surface area contributed by atoms with Crippen LogP contribution in [0.2, 0.25) is 0 Å². The van der Waals surface area contributed by atoms with E-state index in [0.29, 0.717) is 25.7 Å². The van der Waals surface area contributed by atoms with Crippen molar-refractivity contribution in [2.24, 2.45) is 11.8 Å². The zero-order chi connectivity index (χ0) is 76.4. The van der Waals surface area contributed by atoms with Crippen LogP contribution in [0.4, 0.5) is 0 Å². The third kappa shape index (κ3) is 76.8. The van der Waals surface area contributed by atoms with Crippen molar-refractivity contribution in [3.63, 3.8) is 0 Å². The Morgan fingerprint density at radius 2 is 0.490 bits per heavy atom. The molecule has 3 N–H and O–H groups in total. The van der Waals surface area contributed by atoms with E-state index < -0.39 is 97.5 Å². The molecule has 0 aromatic rings. The first-order valence-corrected chi connectivity index (χ1v) is 47.0. The lowest BCUT2D eigenvalue weighted by Gasteiger charge is -2.21. The Labute approximate surface area is 638 Å². The van der Waals surface area contributed by atoms with Gasteiger partial charge in [-0.05, 0) is 37.5 Å². The van der Waals surface area contributed by atoms with Crippen molar-refractivity contribution in [2.45, 2.75) is 471 Å². The molecule has 0 spiro atoms. The quantitative estimate of drug-likeness (QED) is 0.0222. The number of phosphoric ester groups is 2. The van der Waals surface area contributed by atoms with Crippen LogP contribution in [0, 0.1) is 11.8 Å². The summed E-state index contributed by atoms with van der Waals surface area (Å²) >= 11 is 0. The zero-order valence-electron chi connectivity index (χ0n) is 68.3. The molecule has 3 unspecified atom stereocenters. The highest BCUT2D eigenvalue weighted by Crippen LogP contribution is 2.45. The van der Waals surface area contributed by atoms with Gasteiger partial charge in [-0.25, -0.2) is 9.13 Å². The number of hydrogen-bond donors (Lipinski definition) is 3. The summed E-state index contributed by atoms with van der Waals surface area (Å²) in [4.78, 5) is 73.1. The van der Waals surface area contributed by atoms with Gasteiger partial charge in [-0.15, -0.1) is 0 Å². The summed E-state index contributed by atoms with van der Waals surface area (Å²) in [5, 5.41) is 10.7. The van der Waals surface area contributed by atoms with Gasteiger partial charge in [0.05, 0.1) is 26.4 Å². The Kier molecular flexibility index (Phi) is 75.0. The highest BCUT2D eigenvalue weighted by Gasteiger charge is 2.30. The molecule has 0 aromatic heterocycles. The van der Waals surface area contributed by atoms with Gasteiger partial charge in [0.15, 0.2) is 12.2 Å². The van der Waals surface area contributed by atoms with Crippen LogP contribution in [-0.2, 0) is 65.4 Å². The molecular formula is C85H166O17P2. The topological polar surface area (TPSA) is 237 Å². The fourth-order valence-electron chi connectivity index (χ4n) is 13.2. The monoisotopic (exact) mass is 1520 g/mol. The second kappa shape index (κ2) is 76.4. The number of esters is 4. The Bertz CT molecular complexity index is 2000. The molecule has 104 heavy (non-hydrogen) atoms. The number of carbonyl (C=O) groups excluding carboxylic acids is 4. The van der Waals surface area contributed by atoms with Gasteiger partial charge >= 0.3 is 39.5 Å². The highest BCUT2D eigenvalue weighted by atomic mass is 31.2. The summed E-state index contributed by atoms with van der Waals surface area (Å²) in [7, 11) is -9.92. The molecule has 0 aromatic carbocycles. The molecule has 0 heterocycles.